The smallest absolute Gasteiger partial charge is 0.248 e. The average molecular weight is 1730 g/mol. The summed E-state index contributed by atoms with van der Waals surface area (Å²) in [7, 11) is 5.85. The number of nitrogens with zero attached hydrogens (tertiary/aromatic N) is 10. The monoisotopic (exact) mass is 1720 g/mol. The first-order chi connectivity index (χ1) is 56.0. The molecule has 38 heteroatoms. The van der Waals surface area contributed by atoms with E-state index in [2.05, 4.69) is 88.0 Å². The van der Waals surface area contributed by atoms with Crippen molar-refractivity contribution in [3.05, 3.63) is 198 Å². The summed E-state index contributed by atoms with van der Waals surface area (Å²) >= 11 is 19.1. The number of methoxy groups -OCH3 is 3. The fourth-order valence-corrected chi connectivity index (χ4v) is 14.7. The highest BCUT2D eigenvalue weighted by atomic mass is 35.5. The van der Waals surface area contributed by atoms with E-state index in [1.54, 1.807) is 144 Å². The van der Waals surface area contributed by atoms with Gasteiger partial charge in [-0.2, -0.15) is 15.0 Å². The summed E-state index contributed by atoms with van der Waals surface area (Å²) in [6, 6.07) is 36.7. The number of halogens is 3. The molecule has 118 heavy (non-hydrogen) atoms. The maximum Gasteiger partial charge on any atom is 0.248 e. The maximum absolute atomic E-state index is 12.8. The Kier molecular flexibility index (Phi) is 33.4. The molecule has 0 saturated carbocycles. The van der Waals surface area contributed by atoms with Gasteiger partial charge in [0.1, 0.15) is 53.7 Å². The largest absolute Gasteiger partial charge is 0.495 e. The summed E-state index contributed by atoms with van der Waals surface area (Å²) in [6.45, 7) is 14.2. The van der Waals surface area contributed by atoms with Gasteiger partial charge in [-0.05, 0) is 152 Å². The molecule has 0 radical (unpaired) electrons. The molecule has 10 N–H and O–H groups in total. The third kappa shape index (κ3) is 28.3. The lowest BCUT2D eigenvalue weighted by atomic mass is 10.2. The zero-order chi connectivity index (χ0) is 86.0. The normalized spacial score (nSPS) is 12.3. The van der Waals surface area contributed by atoms with Gasteiger partial charge >= 0.3 is 0 Å². The van der Waals surface area contributed by atoms with Crippen molar-refractivity contribution in [2.24, 2.45) is 0 Å². The van der Waals surface area contributed by atoms with Crippen LogP contribution >= 0.6 is 56.2 Å². The first-order valence-electron chi connectivity index (χ1n) is 36.2. The van der Waals surface area contributed by atoms with E-state index in [9.17, 15) is 42.5 Å². The van der Waals surface area contributed by atoms with E-state index < -0.39 is 39.1 Å². The van der Waals surface area contributed by atoms with Gasteiger partial charge in [0, 0.05) is 123 Å². The first kappa shape index (κ1) is 91.8. The fraction of sp³-hybridized carbons (Fsp3) is 0.250. The molecule has 10 rings (SSSR count). The molecule has 4 heterocycles. The first-order valence-corrected chi connectivity index (χ1v) is 45.2. The number of nitrogens with one attached hydrogen (secondary N) is 10. The van der Waals surface area contributed by atoms with Gasteiger partial charge in [0.25, 0.3) is 0 Å². The van der Waals surface area contributed by atoms with Crippen LogP contribution in [-0.2, 0) is 42.5 Å². The van der Waals surface area contributed by atoms with Crippen molar-refractivity contribution < 1.29 is 56.7 Å². The highest BCUT2D eigenvalue weighted by Gasteiger charge is 2.23. The number of para-hydroxylation sites is 3. The van der Waals surface area contributed by atoms with E-state index in [1.807, 2.05) is 68.5 Å². The number of aromatic nitrogens is 6. The maximum atomic E-state index is 12.8. The summed E-state index contributed by atoms with van der Waals surface area (Å²) in [5.74, 6) is 0.776. The van der Waals surface area contributed by atoms with Crippen LogP contribution in [0.25, 0.3) is 0 Å². The van der Waals surface area contributed by atoms with Gasteiger partial charge in [-0.25, -0.2) is 15.0 Å². The average Bonchev–Trinajstić information content (AvgIpc) is 0.818. The number of rotatable bonds is 30. The predicted molar refractivity (Wildman–Crippen MR) is 474 cm³/mol. The van der Waals surface area contributed by atoms with Gasteiger partial charge < -0.3 is 101 Å². The quantitative estimate of drug-likeness (QED) is 0.0148. The van der Waals surface area contributed by atoms with Gasteiger partial charge in [0.05, 0.1) is 74.0 Å². The van der Waals surface area contributed by atoms with Crippen LogP contribution in [0.15, 0.2) is 182 Å². The Labute approximate surface area is 699 Å². The Balaban J connectivity index is 0.000000221. The van der Waals surface area contributed by atoms with E-state index in [0.29, 0.717) is 128 Å². The number of benzene rings is 6. The van der Waals surface area contributed by atoms with Crippen LogP contribution in [0, 0.1) is 0 Å². The molecule has 0 spiro atoms. The molecular weight excluding hydrogens is 1630 g/mol. The number of hydrogen-bond donors (Lipinski definition) is 10. The SMILES string of the molecule is COc1ccc(NC(=O)/C=C/C(=O)N(C)C)cc1Nc1ncc(Cl)c(Nc2ccccc2P(C)(C)=O)n1.COc1ccc(NC(=O)/C=C/C(=O)N2CCN(C)CC2)cc1Nc1ncc(Cl)c(Nc2ccccc2P(C)(C)=O)n1.COc1ccc(NC(=O)/C=C/C(=O)NCCN(C)C)cc1Nc1ncc(Cl)c(Nc2ccccc2P(C)(C)=O)n1. The Morgan fingerprint density at radius 2 is 0.754 bits per heavy atom. The van der Waals surface area contributed by atoms with Crippen molar-refractivity contribution in [2.75, 3.05) is 184 Å². The van der Waals surface area contributed by atoms with E-state index in [-0.39, 0.29) is 50.6 Å². The van der Waals surface area contributed by atoms with Crippen molar-refractivity contribution in [2.45, 2.75) is 0 Å². The van der Waals surface area contributed by atoms with E-state index in [4.69, 9.17) is 49.0 Å². The van der Waals surface area contributed by atoms with Gasteiger partial charge in [-0.15, -0.1) is 0 Å². The van der Waals surface area contributed by atoms with Gasteiger partial charge in [0.2, 0.25) is 53.3 Å². The lowest BCUT2D eigenvalue weighted by Gasteiger charge is -2.31. The number of piperazine rings is 1. The minimum Gasteiger partial charge on any atom is -0.495 e. The van der Waals surface area contributed by atoms with Crippen molar-refractivity contribution in [1.29, 1.82) is 0 Å². The van der Waals surface area contributed by atoms with Crippen molar-refractivity contribution in [3.8, 4) is 17.2 Å². The zero-order valence-corrected chi connectivity index (χ0v) is 72.4. The van der Waals surface area contributed by atoms with Gasteiger partial charge in [0.15, 0.2) is 17.5 Å². The molecule has 1 aliphatic rings. The van der Waals surface area contributed by atoms with Crippen molar-refractivity contribution >= 4 is 194 Å². The third-order valence-electron chi connectivity index (χ3n) is 16.8. The van der Waals surface area contributed by atoms with Crippen LogP contribution in [-0.4, -0.2) is 221 Å². The van der Waals surface area contributed by atoms with Crippen LogP contribution in [0.5, 0.6) is 17.2 Å². The fourth-order valence-electron chi connectivity index (χ4n) is 10.8. The molecule has 0 atom stereocenters. The summed E-state index contributed by atoms with van der Waals surface area (Å²) in [4.78, 5) is 106. The number of carbonyl (C=O) groups excluding carboxylic acids is 6. The standard InChI is InChI=1S/C28H33ClN7O4P.C27H33ClN7O4P.C25H28ClN6O4P/c1-35-13-15-36(16-14-35)26(38)12-11-25(37)31-19-9-10-23(40-2)22(17-19)33-28-30-18-20(29)27(34-28)32-21-7-5-6-8-24(21)41(3,4)39;1-35(2)15-14-29-24(36)12-13-25(37)31-18-10-11-22(39-3)21(16-18)33-27-30-17-19(28)26(34-27)32-20-8-6-7-9-23(20)40(4,5)38;1-32(2)23(34)13-12-22(33)28-16-10-11-20(36-3)19(14-16)30-25-27-15-17(26)24(31-25)29-18-8-6-7-9-21(18)37(4,5)35/h5-12,17-18H,13-16H2,1-4H3,(H,31,37)(H2,30,32,33,34);6-13,16-17H,14-15H2,1-5H3,(H,29,36)(H,31,37)(H2,30,32,33,34);6-15H,1-5H3,(H,28,33)(H2,27,29,30,31)/b12-11+;2*13-12+. The van der Waals surface area contributed by atoms with Crippen LogP contribution in [0.1, 0.15) is 0 Å². The highest BCUT2D eigenvalue weighted by Crippen LogP contribution is 2.42. The molecule has 0 unspecified atom stereocenters. The number of anilines is 15. The summed E-state index contributed by atoms with van der Waals surface area (Å²) in [6.07, 6.45) is 11.5. The number of likely N-dealkylation sites (N-methyl/N-ethyl adjacent to an activating group) is 3. The number of ether oxygens (including phenoxy) is 3. The van der Waals surface area contributed by atoms with Crippen LogP contribution in [0.2, 0.25) is 15.1 Å². The Bertz CT molecular complexity index is 5370. The van der Waals surface area contributed by atoms with Gasteiger partial charge in [-0.1, -0.05) is 71.2 Å². The molecule has 622 valence electrons. The summed E-state index contributed by atoms with van der Waals surface area (Å²) in [5, 5.41) is 32.4. The van der Waals surface area contributed by atoms with Gasteiger partial charge in [-0.3, -0.25) is 28.8 Å². The minimum atomic E-state index is -2.57. The molecule has 0 bridgehead atoms. The molecule has 9 aromatic rings. The second-order valence-corrected chi connectivity index (χ2v) is 38.5. The molecule has 6 aromatic carbocycles. The number of amides is 6. The molecule has 3 aromatic heterocycles. The van der Waals surface area contributed by atoms with Crippen LogP contribution < -0.4 is 83.3 Å². The summed E-state index contributed by atoms with van der Waals surface area (Å²) < 4.78 is 54.6. The van der Waals surface area contributed by atoms with Crippen molar-refractivity contribution in [1.82, 2.24) is 54.8 Å². The molecule has 6 amide bonds. The Morgan fingerprint density at radius 3 is 1.08 bits per heavy atom. The molecule has 1 saturated heterocycles. The number of hydrogen-bond acceptors (Lipinski definition) is 26. The third-order valence-corrected chi connectivity index (χ3v) is 22.3. The summed E-state index contributed by atoms with van der Waals surface area (Å²) in [5.41, 5.74) is 4.72. The second-order valence-electron chi connectivity index (χ2n) is 27.7. The Hall–Kier alpha value is -11.7. The van der Waals surface area contributed by atoms with E-state index in [1.165, 1.54) is 69.1 Å². The Morgan fingerprint density at radius 1 is 0.432 bits per heavy atom. The van der Waals surface area contributed by atoms with Crippen molar-refractivity contribution in [3.63, 3.8) is 0 Å². The predicted octanol–water partition coefficient (Wildman–Crippen LogP) is 12.6. The minimum absolute atomic E-state index is 0.196. The topological polar surface area (TPSA) is 392 Å². The molecule has 0 aliphatic carbocycles. The lowest BCUT2D eigenvalue weighted by Crippen LogP contribution is -2.46. The molecule has 32 nitrogen and oxygen atoms in total. The zero-order valence-electron chi connectivity index (χ0n) is 67.4. The number of carbonyl (C=O) groups is 6. The van der Waals surface area contributed by atoms with E-state index in [0.717, 1.165) is 25.2 Å². The second kappa shape index (κ2) is 42.9. The van der Waals surface area contributed by atoms with Crippen LogP contribution in [0.3, 0.4) is 0 Å². The van der Waals surface area contributed by atoms with Crippen LogP contribution in [0.4, 0.5) is 86.5 Å². The highest BCUT2D eigenvalue weighted by molar-refractivity contribution is 7.71. The lowest BCUT2D eigenvalue weighted by molar-refractivity contribution is -0.128. The molecule has 1 fully saturated rings. The van der Waals surface area contributed by atoms with E-state index >= 15 is 0 Å². The molecular formula is C80H94Cl3N20O12P3. The molecule has 1 aliphatic heterocycles.